The van der Waals surface area contributed by atoms with Crippen LogP contribution < -0.4 is 14.8 Å². The van der Waals surface area contributed by atoms with E-state index in [1.165, 1.54) is 57.0 Å². The predicted molar refractivity (Wildman–Crippen MR) is 148 cm³/mol. The van der Waals surface area contributed by atoms with Crippen molar-refractivity contribution in [3.8, 4) is 33.9 Å². The Balaban J connectivity index is 1.66. The van der Waals surface area contributed by atoms with Gasteiger partial charge < -0.3 is 19.4 Å². The summed E-state index contributed by atoms with van der Waals surface area (Å²) in [7, 11) is -1.04. The Bertz CT molecular complexity index is 1780. The first-order valence-corrected chi connectivity index (χ1v) is 14.5. The molecule has 2 aromatic heterocycles. The highest BCUT2D eigenvalue weighted by Gasteiger charge is 2.33. The van der Waals surface area contributed by atoms with Gasteiger partial charge in [-0.05, 0) is 48.9 Å². The minimum absolute atomic E-state index is 0.0146. The van der Waals surface area contributed by atoms with Crippen LogP contribution in [-0.4, -0.2) is 65.8 Å². The Morgan fingerprint density at radius 1 is 1.12 bits per heavy atom. The quantitative estimate of drug-likeness (QED) is 0.273. The van der Waals surface area contributed by atoms with Crippen molar-refractivity contribution in [1.82, 2.24) is 23.1 Å². The van der Waals surface area contributed by atoms with E-state index in [1.54, 1.807) is 23.6 Å². The van der Waals surface area contributed by atoms with Crippen molar-refractivity contribution in [1.29, 1.82) is 0 Å². The maximum absolute atomic E-state index is 15.1. The van der Waals surface area contributed by atoms with E-state index in [9.17, 15) is 26.4 Å². The largest absolute Gasteiger partial charge is 0.573 e. The molecule has 1 amide bonds. The topological polar surface area (TPSA) is 108 Å². The average Bonchev–Trinajstić information content (AvgIpc) is 3.57. The van der Waals surface area contributed by atoms with Crippen molar-refractivity contribution in [2.45, 2.75) is 25.7 Å². The third-order valence-corrected chi connectivity index (χ3v) is 8.46. The fraction of sp³-hybridized carbons (Fsp3) is 0.286. The molecule has 0 radical (unpaired) electrons. The lowest BCUT2D eigenvalue weighted by Crippen LogP contribution is -2.39. The highest BCUT2D eigenvalue weighted by molar-refractivity contribution is 7.87. The van der Waals surface area contributed by atoms with Gasteiger partial charge in [-0.3, -0.25) is 4.79 Å². The second-order valence-electron chi connectivity index (χ2n) is 9.87. The maximum Gasteiger partial charge on any atom is 0.573 e. The molecule has 15 heteroatoms. The lowest BCUT2D eigenvalue weighted by Gasteiger charge is -2.28. The fourth-order valence-corrected chi connectivity index (χ4v) is 5.74. The zero-order valence-electron chi connectivity index (χ0n) is 23.2. The lowest BCUT2D eigenvalue weighted by atomic mass is 10.00. The molecule has 1 aliphatic rings. The summed E-state index contributed by atoms with van der Waals surface area (Å²) in [6.45, 7) is 2.06. The summed E-state index contributed by atoms with van der Waals surface area (Å²) in [6, 6.07) is 10.5. The molecule has 0 unspecified atom stereocenters. The lowest BCUT2D eigenvalue weighted by molar-refractivity contribution is -0.274. The fourth-order valence-electron chi connectivity index (χ4n) is 4.94. The number of hydrogen-bond acceptors (Lipinski definition) is 6. The minimum Gasteiger partial charge on any atom is -0.491 e. The summed E-state index contributed by atoms with van der Waals surface area (Å²) < 4.78 is 92.4. The van der Waals surface area contributed by atoms with Gasteiger partial charge in [0.15, 0.2) is 11.6 Å². The zero-order valence-corrected chi connectivity index (χ0v) is 24.0. The summed E-state index contributed by atoms with van der Waals surface area (Å²) in [5.41, 5.74) is 1.93. The number of aromatic nitrogens is 3. The van der Waals surface area contributed by atoms with Gasteiger partial charge in [0.1, 0.15) is 17.8 Å². The number of hydrogen-bond donors (Lipinski definition) is 1. The number of amides is 1. The van der Waals surface area contributed by atoms with Gasteiger partial charge in [0, 0.05) is 44.4 Å². The normalized spacial score (nSPS) is 15.3. The third kappa shape index (κ3) is 6.08. The van der Waals surface area contributed by atoms with Gasteiger partial charge in [-0.15, -0.1) is 13.2 Å². The van der Waals surface area contributed by atoms with Gasteiger partial charge in [0.25, 0.3) is 5.91 Å². The van der Waals surface area contributed by atoms with Crippen LogP contribution in [0.1, 0.15) is 29.1 Å². The number of ether oxygens (including phenoxy) is 2. The molecule has 43 heavy (non-hydrogen) atoms. The molecule has 1 atom stereocenters. The van der Waals surface area contributed by atoms with Crippen LogP contribution in [0, 0.1) is 5.82 Å². The summed E-state index contributed by atoms with van der Waals surface area (Å²) in [6.07, 6.45) is -2.22. The molecule has 0 aliphatic carbocycles. The molecular weight excluding hydrogens is 594 g/mol. The van der Waals surface area contributed by atoms with Crippen molar-refractivity contribution in [3.63, 3.8) is 0 Å². The average molecular weight is 622 g/mol. The van der Waals surface area contributed by atoms with E-state index >= 15 is 4.39 Å². The summed E-state index contributed by atoms with van der Waals surface area (Å²) in [5.74, 6) is -1.56. The molecule has 0 saturated heterocycles. The van der Waals surface area contributed by atoms with Crippen LogP contribution in [0.4, 0.5) is 17.6 Å². The van der Waals surface area contributed by atoms with E-state index < -0.39 is 40.1 Å². The molecule has 1 aliphatic heterocycles. The Kier molecular flexibility index (Phi) is 7.96. The van der Waals surface area contributed by atoms with Crippen molar-refractivity contribution in [3.05, 3.63) is 78.3 Å². The summed E-state index contributed by atoms with van der Waals surface area (Å²) in [5, 5.41) is 2.80. The van der Waals surface area contributed by atoms with Gasteiger partial charge >= 0.3 is 16.6 Å². The number of nitrogens with one attached hydrogen (secondary N) is 1. The van der Waals surface area contributed by atoms with E-state index in [2.05, 4.69) is 15.0 Å². The molecule has 3 heterocycles. The van der Waals surface area contributed by atoms with Crippen LogP contribution in [0.2, 0.25) is 0 Å². The van der Waals surface area contributed by atoms with Gasteiger partial charge in [0.2, 0.25) is 0 Å². The van der Waals surface area contributed by atoms with Crippen LogP contribution >= 0.6 is 0 Å². The molecule has 4 aromatic rings. The SMILES string of the molecule is CCOc1ccc(-c2c(-c3cccc(OC(F)(F)F)c3)cc3n2[C@@H](Cc2cn(S(=O)(=O)N(C)C)cn2)CNC3=O)cc1F. The van der Waals surface area contributed by atoms with Crippen LogP contribution in [-0.2, 0) is 16.6 Å². The van der Waals surface area contributed by atoms with Crippen molar-refractivity contribution >= 4 is 16.1 Å². The first kappa shape index (κ1) is 30.1. The molecule has 0 bridgehead atoms. The minimum atomic E-state index is -4.92. The molecule has 0 saturated carbocycles. The first-order valence-electron chi connectivity index (χ1n) is 13.1. The van der Waals surface area contributed by atoms with Crippen LogP contribution in [0.15, 0.2) is 61.1 Å². The van der Waals surface area contributed by atoms with Crippen molar-refractivity contribution < 1.29 is 40.2 Å². The molecule has 0 spiro atoms. The standard InChI is InChI=1S/C28H27F4N5O5S/c1-4-41-25-9-8-18(11-23(25)29)26-22(17-6-5-7-21(10-17)42-28(30,31)32)13-24-27(38)33-14-20(37(24)26)12-19-15-36(16-34-19)43(39,40)35(2)3/h5-11,13,15-16,20H,4,12,14H2,1-3H3,(H,33,38)/t20-/m0/s1. The first-order chi connectivity index (χ1) is 20.3. The Hall–Kier alpha value is -4.37. The molecule has 1 N–H and O–H groups in total. The van der Waals surface area contributed by atoms with E-state index in [-0.39, 0.29) is 31.0 Å². The van der Waals surface area contributed by atoms with E-state index in [0.717, 1.165) is 14.3 Å². The number of alkyl halides is 3. The van der Waals surface area contributed by atoms with Gasteiger partial charge in [-0.25, -0.2) is 13.3 Å². The number of benzene rings is 2. The number of imidazole rings is 1. The molecule has 5 rings (SSSR count). The van der Waals surface area contributed by atoms with Gasteiger partial charge in [-0.1, -0.05) is 12.1 Å². The predicted octanol–water partition coefficient (Wildman–Crippen LogP) is 4.64. The van der Waals surface area contributed by atoms with Crippen molar-refractivity contribution in [2.75, 3.05) is 27.2 Å². The second kappa shape index (κ2) is 11.4. The van der Waals surface area contributed by atoms with E-state index in [0.29, 0.717) is 28.1 Å². The number of carbonyl (C=O) groups excluding carboxylic acids is 1. The summed E-state index contributed by atoms with van der Waals surface area (Å²) in [4.78, 5) is 17.3. The Labute approximate surface area is 244 Å². The monoisotopic (exact) mass is 621 g/mol. The number of rotatable bonds is 9. The van der Waals surface area contributed by atoms with E-state index in [1.807, 2.05) is 0 Å². The smallest absolute Gasteiger partial charge is 0.491 e. The number of nitrogens with zero attached hydrogens (tertiary/aromatic N) is 4. The number of fused-ring (bicyclic) bond motifs is 1. The van der Waals surface area contributed by atoms with Crippen molar-refractivity contribution in [2.24, 2.45) is 0 Å². The highest BCUT2D eigenvalue weighted by Crippen LogP contribution is 2.41. The van der Waals surface area contributed by atoms with Crippen LogP contribution in [0.3, 0.4) is 0 Å². The van der Waals surface area contributed by atoms with E-state index in [4.69, 9.17) is 4.74 Å². The maximum atomic E-state index is 15.1. The highest BCUT2D eigenvalue weighted by atomic mass is 32.2. The van der Waals surface area contributed by atoms with Crippen LogP contribution in [0.5, 0.6) is 11.5 Å². The summed E-state index contributed by atoms with van der Waals surface area (Å²) >= 11 is 0. The molecule has 10 nitrogen and oxygen atoms in total. The Morgan fingerprint density at radius 2 is 1.88 bits per heavy atom. The number of halogens is 4. The number of carbonyl (C=O) groups is 1. The van der Waals surface area contributed by atoms with Gasteiger partial charge in [0.05, 0.1) is 24.0 Å². The molecule has 2 aromatic carbocycles. The molecule has 0 fully saturated rings. The molecular formula is C28H27F4N5O5S. The third-order valence-electron chi connectivity index (χ3n) is 6.80. The second-order valence-corrected chi connectivity index (χ2v) is 11.9. The van der Waals surface area contributed by atoms with Crippen LogP contribution in [0.25, 0.3) is 22.4 Å². The zero-order chi connectivity index (χ0) is 31.1. The van der Waals surface area contributed by atoms with Gasteiger partial charge in [-0.2, -0.15) is 12.7 Å². The Morgan fingerprint density at radius 3 is 2.56 bits per heavy atom. The molecule has 228 valence electrons.